The number of hydrogen-bond acceptors (Lipinski definition) is 4. The van der Waals surface area contributed by atoms with Crippen LogP contribution in [0.4, 0.5) is 5.69 Å². The smallest absolute Gasteiger partial charge is 0.234 e. The van der Waals surface area contributed by atoms with Crippen LogP contribution in [0.15, 0.2) is 77.4 Å². The molecule has 0 radical (unpaired) electrons. The van der Waals surface area contributed by atoms with Gasteiger partial charge in [0.25, 0.3) is 0 Å². The van der Waals surface area contributed by atoms with Crippen LogP contribution in [0.5, 0.6) is 0 Å². The van der Waals surface area contributed by atoms with E-state index < -0.39 is 0 Å². The van der Waals surface area contributed by atoms with Crippen LogP contribution in [0.3, 0.4) is 0 Å². The van der Waals surface area contributed by atoms with E-state index in [0.717, 1.165) is 22.6 Å². The van der Waals surface area contributed by atoms with Gasteiger partial charge in [-0.05, 0) is 35.4 Å². The Balaban J connectivity index is 1.55. The Morgan fingerprint density at radius 1 is 1.00 bits per heavy atom. The van der Waals surface area contributed by atoms with E-state index in [0.29, 0.717) is 6.54 Å². The van der Waals surface area contributed by atoms with Gasteiger partial charge in [-0.15, -0.1) is 0 Å². The lowest BCUT2D eigenvalue weighted by Crippen LogP contribution is -2.35. The first kappa shape index (κ1) is 18.7. The number of anilines is 1. The van der Waals surface area contributed by atoms with Crippen LogP contribution in [0, 0.1) is 0 Å². The maximum Gasteiger partial charge on any atom is 0.234 e. The van der Waals surface area contributed by atoms with Gasteiger partial charge in [-0.2, -0.15) is 0 Å². The van der Waals surface area contributed by atoms with Gasteiger partial charge >= 0.3 is 0 Å². The normalized spacial score (nSPS) is 11.8. The molecule has 0 unspecified atom stereocenters. The Hall–Kier alpha value is -3.05. The minimum atomic E-state index is -0.161. The van der Waals surface area contributed by atoms with Gasteiger partial charge in [0.1, 0.15) is 5.76 Å². The molecule has 5 heteroatoms. The summed E-state index contributed by atoms with van der Waals surface area (Å²) >= 11 is 0. The van der Waals surface area contributed by atoms with Crippen LogP contribution in [0.1, 0.15) is 22.9 Å². The van der Waals surface area contributed by atoms with E-state index in [1.165, 1.54) is 0 Å². The molecule has 2 N–H and O–H groups in total. The van der Waals surface area contributed by atoms with Crippen molar-refractivity contribution in [2.45, 2.75) is 12.6 Å². The first-order valence-electron chi connectivity index (χ1n) is 8.98. The molecule has 2 aromatic carbocycles. The lowest BCUT2D eigenvalue weighted by molar-refractivity contribution is -0.120. The van der Waals surface area contributed by atoms with E-state index in [2.05, 4.69) is 10.6 Å². The number of carbonyl (C=O) groups excluding carboxylic acids is 1. The van der Waals surface area contributed by atoms with Crippen molar-refractivity contribution in [3.8, 4) is 0 Å². The molecule has 140 valence electrons. The summed E-state index contributed by atoms with van der Waals surface area (Å²) in [6.07, 6.45) is 1.64. The van der Waals surface area contributed by atoms with Gasteiger partial charge in [-0.1, -0.05) is 42.5 Å². The number of furan rings is 1. The first-order valence-corrected chi connectivity index (χ1v) is 8.98. The molecule has 3 rings (SSSR count). The summed E-state index contributed by atoms with van der Waals surface area (Å²) in [5.41, 5.74) is 3.26. The molecular formula is C22H25N3O2. The van der Waals surface area contributed by atoms with Crippen LogP contribution in [0.25, 0.3) is 0 Å². The zero-order valence-corrected chi connectivity index (χ0v) is 15.7. The third kappa shape index (κ3) is 5.21. The monoisotopic (exact) mass is 363 g/mol. The van der Waals surface area contributed by atoms with Crippen molar-refractivity contribution < 1.29 is 9.21 Å². The SMILES string of the molecule is CN(C)c1ccc(CNC(=O)CN[C@@H](c2ccccc2)c2ccco2)cc1. The number of hydrogen-bond donors (Lipinski definition) is 2. The number of benzene rings is 2. The van der Waals surface area contributed by atoms with Gasteiger partial charge in [0.2, 0.25) is 5.91 Å². The van der Waals surface area contributed by atoms with Gasteiger partial charge in [0.05, 0.1) is 18.8 Å². The molecule has 1 atom stereocenters. The van der Waals surface area contributed by atoms with Crippen LogP contribution in [-0.4, -0.2) is 26.5 Å². The quantitative estimate of drug-likeness (QED) is 0.644. The van der Waals surface area contributed by atoms with Gasteiger partial charge in [0.15, 0.2) is 0 Å². The summed E-state index contributed by atoms with van der Waals surface area (Å²) in [5.74, 6) is 0.729. The molecule has 0 saturated heterocycles. The minimum absolute atomic E-state index is 0.0563. The second-order valence-electron chi connectivity index (χ2n) is 6.58. The first-order chi connectivity index (χ1) is 13.1. The lowest BCUT2D eigenvalue weighted by atomic mass is 10.0. The molecule has 1 heterocycles. The fourth-order valence-corrected chi connectivity index (χ4v) is 2.85. The topological polar surface area (TPSA) is 57.5 Å². The number of rotatable bonds is 8. The average molecular weight is 363 g/mol. The van der Waals surface area contributed by atoms with Crippen LogP contribution in [-0.2, 0) is 11.3 Å². The predicted molar refractivity (Wildman–Crippen MR) is 108 cm³/mol. The van der Waals surface area contributed by atoms with Crippen molar-refractivity contribution in [3.05, 3.63) is 89.9 Å². The highest BCUT2D eigenvalue weighted by Gasteiger charge is 2.17. The van der Waals surface area contributed by atoms with E-state index in [1.54, 1.807) is 6.26 Å². The fraction of sp³-hybridized carbons (Fsp3) is 0.227. The molecular weight excluding hydrogens is 338 g/mol. The second-order valence-corrected chi connectivity index (χ2v) is 6.58. The molecule has 0 spiro atoms. The Bertz CT molecular complexity index is 828. The molecule has 1 aromatic heterocycles. The second kappa shape index (κ2) is 9.05. The number of nitrogens with zero attached hydrogens (tertiary/aromatic N) is 1. The van der Waals surface area contributed by atoms with Crippen molar-refractivity contribution in [1.82, 2.24) is 10.6 Å². The van der Waals surface area contributed by atoms with E-state index >= 15 is 0 Å². The van der Waals surface area contributed by atoms with Crippen LogP contribution < -0.4 is 15.5 Å². The van der Waals surface area contributed by atoms with Gasteiger partial charge < -0.3 is 14.6 Å². The molecule has 0 aliphatic heterocycles. The number of nitrogens with one attached hydrogen (secondary N) is 2. The van der Waals surface area contributed by atoms with Crippen LogP contribution >= 0.6 is 0 Å². The largest absolute Gasteiger partial charge is 0.467 e. The van der Waals surface area contributed by atoms with Crippen molar-refractivity contribution in [3.63, 3.8) is 0 Å². The Labute approximate surface area is 160 Å². The molecule has 5 nitrogen and oxygen atoms in total. The fourth-order valence-electron chi connectivity index (χ4n) is 2.85. The summed E-state index contributed by atoms with van der Waals surface area (Å²) in [6, 6.07) is 21.7. The standard InChI is InChI=1S/C22H25N3O2/c1-25(2)19-12-10-17(11-13-19)15-23-21(26)16-24-22(20-9-6-14-27-20)18-7-4-3-5-8-18/h3-14,22,24H,15-16H2,1-2H3,(H,23,26)/t22-/m0/s1. The van der Waals surface area contributed by atoms with Crippen molar-refractivity contribution >= 4 is 11.6 Å². The molecule has 1 amide bonds. The summed E-state index contributed by atoms with van der Waals surface area (Å²) in [4.78, 5) is 14.3. The molecule has 0 saturated carbocycles. The van der Waals surface area contributed by atoms with Crippen LogP contribution in [0.2, 0.25) is 0 Å². The molecule has 3 aromatic rings. The Morgan fingerprint density at radius 2 is 1.74 bits per heavy atom. The molecule has 27 heavy (non-hydrogen) atoms. The maximum absolute atomic E-state index is 12.3. The highest BCUT2D eigenvalue weighted by Crippen LogP contribution is 2.22. The number of amides is 1. The Kier molecular flexibility index (Phi) is 6.28. The summed E-state index contributed by atoms with van der Waals surface area (Å²) < 4.78 is 5.54. The van der Waals surface area contributed by atoms with E-state index in [1.807, 2.05) is 85.7 Å². The third-order valence-corrected chi connectivity index (χ3v) is 4.37. The molecule has 0 aliphatic rings. The summed E-state index contributed by atoms with van der Waals surface area (Å²) in [7, 11) is 4.01. The molecule has 0 bridgehead atoms. The van der Waals surface area contributed by atoms with E-state index in [9.17, 15) is 4.79 Å². The molecule has 0 aliphatic carbocycles. The predicted octanol–water partition coefficient (Wildman–Crippen LogP) is 3.34. The zero-order chi connectivity index (χ0) is 19.1. The highest BCUT2D eigenvalue weighted by atomic mass is 16.3. The summed E-state index contributed by atoms with van der Waals surface area (Å²) in [6.45, 7) is 0.709. The Morgan fingerprint density at radius 3 is 2.37 bits per heavy atom. The van der Waals surface area contributed by atoms with Gasteiger partial charge in [-0.25, -0.2) is 0 Å². The van der Waals surface area contributed by atoms with Gasteiger partial charge in [-0.3, -0.25) is 10.1 Å². The number of carbonyl (C=O) groups is 1. The highest BCUT2D eigenvalue weighted by molar-refractivity contribution is 5.78. The van der Waals surface area contributed by atoms with E-state index in [4.69, 9.17) is 4.42 Å². The van der Waals surface area contributed by atoms with Crippen molar-refractivity contribution in [1.29, 1.82) is 0 Å². The zero-order valence-electron chi connectivity index (χ0n) is 15.7. The summed E-state index contributed by atoms with van der Waals surface area (Å²) in [5, 5.41) is 6.24. The minimum Gasteiger partial charge on any atom is -0.467 e. The van der Waals surface area contributed by atoms with Crippen molar-refractivity contribution in [2.24, 2.45) is 0 Å². The average Bonchev–Trinajstić information content (AvgIpc) is 3.22. The third-order valence-electron chi connectivity index (χ3n) is 4.37. The van der Waals surface area contributed by atoms with Gasteiger partial charge in [0, 0.05) is 26.3 Å². The molecule has 0 fully saturated rings. The maximum atomic E-state index is 12.3. The lowest BCUT2D eigenvalue weighted by Gasteiger charge is -2.17. The van der Waals surface area contributed by atoms with Crippen molar-refractivity contribution in [2.75, 3.05) is 25.5 Å². The van der Waals surface area contributed by atoms with E-state index in [-0.39, 0.29) is 18.5 Å².